The third-order valence-corrected chi connectivity index (χ3v) is 3.36. The zero-order chi connectivity index (χ0) is 12.6. The lowest BCUT2D eigenvalue weighted by molar-refractivity contribution is 0.198. The van der Waals surface area contributed by atoms with Crippen LogP contribution in [-0.2, 0) is 11.3 Å². The summed E-state index contributed by atoms with van der Waals surface area (Å²) in [5, 5.41) is 0. The van der Waals surface area contributed by atoms with Crippen molar-refractivity contribution in [2.75, 3.05) is 26.3 Å². The molecule has 0 spiro atoms. The number of likely N-dealkylation sites (tertiary alicyclic amines) is 1. The number of hydrogen-bond acceptors (Lipinski definition) is 3. The highest BCUT2D eigenvalue weighted by Gasteiger charge is 2.11. The van der Waals surface area contributed by atoms with Crippen LogP contribution in [0.15, 0.2) is 18.2 Å². The number of ether oxygens (including phenoxy) is 1. The Morgan fingerprint density at radius 1 is 1.11 bits per heavy atom. The summed E-state index contributed by atoms with van der Waals surface area (Å²) in [6, 6.07) is 6.26. The van der Waals surface area contributed by atoms with E-state index in [0.29, 0.717) is 0 Å². The average Bonchev–Trinajstić information content (AvgIpc) is 3.04. The number of pyridine rings is 1. The summed E-state index contributed by atoms with van der Waals surface area (Å²) in [7, 11) is 0. The highest BCUT2D eigenvalue weighted by molar-refractivity contribution is 5.09. The van der Waals surface area contributed by atoms with Crippen LogP contribution in [0, 0.1) is 6.92 Å². The van der Waals surface area contributed by atoms with Crippen LogP contribution >= 0.6 is 0 Å². The average molecular weight is 248 g/mol. The van der Waals surface area contributed by atoms with Crippen LogP contribution in [0.4, 0.5) is 0 Å². The van der Waals surface area contributed by atoms with Gasteiger partial charge in [-0.3, -0.25) is 9.88 Å². The Morgan fingerprint density at radius 3 is 2.39 bits per heavy atom. The minimum atomic E-state index is 1.00. The molecule has 0 atom stereocenters. The molecule has 100 valence electrons. The van der Waals surface area contributed by atoms with Crippen LogP contribution in [0.5, 0.6) is 0 Å². The van der Waals surface area contributed by atoms with Gasteiger partial charge in [0.15, 0.2) is 0 Å². The van der Waals surface area contributed by atoms with Crippen molar-refractivity contribution >= 4 is 0 Å². The van der Waals surface area contributed by atoms with E-state index < -0.39 is 0 Å². The minimum Gasteiger partial charge on any atom is -0.381 e. The minimum absolute atomic E-state index is 1.00. The zero-order valence-corrected chi connectivity index (χ0v) is 11.4. The maximum absolute atomic E-state index is 4.94. The van der Waals surface area contributed by atoms with E-state index >= 15 is 0 Å². The summed E-state index contributed by atoms with van der Waals surface area (Å²) < 4.78 is 4.94. The molecule has 1 aromatic rings. The Hall–Kier alpha value is -0.930. The van der Waals surface area contributed by atoms with E-state index in [1.807, 2.05) is 13.0 Å². The summed E-state index contributed by atoms with van der Waals surface area (Å²) in [6.45, 7) is 7.57. The van der Waals surface area contributed by atoms with Crippen LogP contribution in [0.25, 0.3) is 0 Å². The van der Waals surface area contributed by atoms with Crippen LogP contribution < -0.4 is 0 Å². The van der Waals surface area contributed by atoms with Crippen molar-refractivity contribution < 1.29 is 4.74 Å². The quantitative estimate of drug-likeness (QED) is 0.804. The molecule has 0 unspecified atom stereocenters. The maximum atomic E-state index is 4.94. The predicted molar refractivity (Wildman–Crippen MR) is 73.5 cm³/mol. The smallest absolute Gasteiger partial charge is 0.0547 e. The topological polar surface area (TPSA) is 25.4 Å². The van der Waals surface area contributed by atoms with Gasteiger partial charge in [-0.05, 0) is 57.8 Å². The van der Waals surface area contributed by atoms with E-state index in [1.54, 1.807) is 0 Å². The van der Waals surface area contributed by atoms with Crippen LogP contribution in [-0.4, -0.2) is 36.2 Å². The maximum Gasteiger partial charge on any atom is 0.0547 e. The van der Waals surface area contributed by atoms with Gasteiger partial charge in [0.05, 0.1) is 5.69 Å². The molecule has 0 radical (unpaired) electrons. The summed E-state index contributed by atoms with van der Waals surface area (Å²) in [5.41, 5.74) is 2.33. The second kappa shape index (κ2) is 7.49. The molecule has 2 fully saturated rings. The summed E-state index contributed by atoms with van der Waals surface area (Å²) in [5.74, 6) is 0. The Morgan fingerprint density at radius 2 is 1.83 bits per heavy atom. The molecule has 2 saturated heterocycles. The molecule has 0 amide bonds. The van der Waals surface area contributed by atoms with Gasteiger partial charge in [-0.25, -0.2) is 0 Å². The molecule has 2 aliphatic rings. The lowest BCUT2D eigenvalue weighted by Gasteiger charge is -2.13. The van der Waals surface area contributed by atoms with Gasteiger partial charge in [0, 0.05) is 25.5 Å². The van der Waals surface area contributed by atoms with E-state index in [0.717, 1.165) is 25.5 Å². The lowest BCUT2D eigenvalue weighted by Crippen LogP contribution is -2.19. The molecule has 0 aliphatic carbocycles. The van der Waals surface area contributed by atoms with Crippen LogP contribution in [0.2, 0.25) is 0 Å². The third kappa shape index (κ3) is 4.75. The predicted octanol–water partition coefficient (Wildman–Crippen LogP) is 2.78. The number of nitrogens with zero attached hydrogens (tertiary/aromatic N) is 2. The first kappa shape index (κ1) is 13.5. The van der Waals surface area contributed by atoms with Gasteiger partial charge in [0.25, 0.3) is 0 Å². The fourth-order valence-electron chi connectivity index (χ4n) is 2.37. The summed E-state index contributed by atoms with van der Waals surface area (Å²) in [6.07, 6.45) is 5.26. The standard InChI is InChI=1S/C11H16N2.C4H8O/c1-10-5-4-6-11(12-10)9-13-7-2-3-8-13;1-2-4-5-3-1/h4-6H,2-3,7-9H2,1H3;1-4H2. The second-order valence-corrected chi connectivity index (χ2v) is 5.07. The van der Waals surface area contributed by atoms with E-state index in [4.69, 9.17) is 4.74 Å². The fourth-order valence-corrected chi connectivity index (χ4v) is 2.37. The van der Waals surface area contributed by atoms with E-state index in [1.165, 1.54) is 44.5 Å². The molecule has 3 nitrogen and oxygen atoms in total. The second-order valence-electron chi connectivity index (χ2n) is 5.07. The first-order valence-corrected chi connectivity index (χ1v) is 7.07. The molecule has 3 rings (SSSR count). The molecule has 0 aromatic carbocycles. The molecule has 3 heterocycles. The van der Waals surface area contributed by atoms with Crippen molar-refractivity contribution in [3.63, 3.8) is 0 Å². The molecule has 1 aromatic heterocycles. The fraction of sp³-hybridized carbons (Fsp3) is 0.667. The molecule has 0 saturated carbocycles. The van der Waals surface area contributed by atoms with Gasteiger partial charge in [0.2, 0.25) is 0 Å². The Bertz CT molecular complexity index is 336. The Kier molecular flexibility index (Phi) is 5.62. The van der Waals surface area contributed by atoms with Gasteiger partial charge in [-0.1, -0.05) is 6.07 Å². The van der Waals surface area contributed by atoms with Crippen LogP contribution in [0.1, 0.15) is 37.1 Å². The van der Waals surface area contributed by atoms with Gasteiger partial charge < -0.3 is 4.74 Å². The number of aryl methyl sites for hydroxylation is 1. The van der Waals surface area contributed by atoms with Crippen molar-refractivity contribution in [2.24, 2.45) is 0 Å². The molecule has 2 aliphatic heterocycles. The first-order chi connectivity index (χ1) is 8.84. The molecular formula is C15H24N2O. The van der Waals surface area contributed by atoms with Crippen molar-refractivity contribution in [1.29, 1.82) is 0 Å². The zero-order valence-electron chi connectivity index (χ0n) is 11.4. The molecule has 18 heavy (non-hydrogen) atoms. The van der Waals surface area contributed by atoms with Crippen molar-refractivity contribution in [3.8, 4) is 0 Å². The van der Waals surface area contributed by atoms with Gasteiger partial charge in [-0.2, -0.15) is 0 Å². The van der Waals surface area contributed by atoms with Gasteiger partial charge in [0.1, 0.15) is 0 Å². The van der Waals surface area contributed by atoms with E-state index in [-0.39, 0.29) is 0 Å². The highest BCUT2D eigenvalue weighted by atomic mass is 16.5. The van der Waals surface area contributed by atoms with Crippen molar-refractivity contribution in [3.05, 3.63) is 29.6 Å². The molecule has 3 heteroatoms. The van der Waals surface area contributed by atoms with E-state index in [2.05, 4.69) is 22.0 Å². The highest BCUT2D eigenvalue weighted by Crippen LogP contribution is 2.11. The van der Waals surface area contributed by atoms with Crippen molar-refractivity contribution in [2.45, 2.75) is 39.2 Å². The van der Waals surface area contributed by atoms with Crippen molar-refractivity contribution in [1.82, 2.24) is 9.88 Å². The third-order valence-electron chi connectivity index (χ3n) is 3.36. The number of rotatable bonds is 2. The number of hydrogen-bond donors (Lipinski definition) is 0. The largest absolute Gasteiger partial charge is 0.381 e. The van der Waals surface area contributed by atoms with E-state index in [9.17, 15) is 0 Å². The molecule has 0 N–H and O–H groups in total. The first-order valence-electron chi connectivity index (χ1n) is 7.07. The lowest BCUT2D eigenvalue weighted by atomic mass is 10.3. The molecular weight excluding hydrogens is 224 g/mol. The Balaban J connectivity index is 0.000000202. The monoisotopic (exact) mass is 248 g/mol. The normalized spacial score (nSPS) is 19.6. The summed E-state index contributed by atoms with van der Waals surface area (Å²) >= 11 is 0. The summed E-state index contributed by atoms with van der Waals surface area (Å²) in [4.78, 5) is 6.97. The Labute approximate surface area is 110 Å². The van der Waals surface area contributed by atoms with Gasteiger partial charge in [-0.15, -0.1) is 0 Å². The van der Waals surface area contributed by atoms with Crippen LogP contribution in [0.3, 0.4) is 0 Å². The molecule has 0 bridgehead atoms. The SMILES string of the molecule is C1CCOC1.Cc1cccc(CN2CCCC2)n1. The van der Waals surface area contributed by atoms with Gasteiger partial charge >= 0.3 is 0 Å². The number of aromatic nitrogens is 1.